The number of anilines is 1. The zero-order valence-corrected chi connectivity index (χ0v) is 13.8. The minimum atomic E-state index is -0.517. The number of carbonyl (C=O) groups excluding carboxylic acids is 1. The van der Waals surface area contributed by atoms with Gasteiger partial charge in [-0.3, -0.25) is 14.9 Å². The molecule has 23 heavy (non-hydrogen) atoms. The summed E-state index contributed by atoms with van der Waals surface area (Å²) < 4.78 is 0. The van der Waals surface area contributed by atoms with Gasteiger partial charge < -0.3 is 5.32 Å². The normalized spacial score (nSPS) is 10.2. The predicted molar refractivity (Wildman–Crippen MR) is 88.9 cm³/mol. The van der Waals surface area contributed by atoms with Crippen LogP contribution in [-0.4, -0.2) is 10.8 Å². The van der Waals surface area contributed by atoms with Crippen molar-refractivity contribution >= 4 is 27.9 Å². The van der Waals surface area contributed by atoms with Gasteiger partial charge in [-0.05, 0) is 31.9 Å². The van der Waals surface area contributed by atoms with Crippen LogP contribution in [0.2, 0.25) is 0 Å². The van der Waals surface area contributed by atoms with Gasteiger partial charge in [0.25, 0.3) is 11.6 Å². The Morgan fingerprint density at radius 2 is 2.13 bits per heavy atom. The Bertz CT molecular complexity index is 834. The Hall–Kier alpha value is -2.72. The summed E-state index contributed by atoms with van der Waals surface area (Å²) in [7, 11) is 0. The van der Waals surface area contributed by atoms with E-state index in [1.807, 2.05) is 13.8 Å². The molecule has 1 aromatic heterocycles. The molecule has 1 amide bonds. The van der Waals surface area contributed by atoms with Crippen molar-refractivity contribution < 1.29 is 9.72 Å². The van der Waals surface area contributed by atoms with Crippen molar-refractivity contribution in [3.05, 3.63) is 55.4 Å². The van der Waals surface area contributed by atoms with Crippen LogP contribution in [0.4, 0.5) is 10.7 Å². The van der Waals surface area contributed by atoms with Crippen LogP contribution >= 0.6 is 11.3 Å². The average molecular weight is 329 g/mol. The van der Waals surface area contributed by atoms with Crippen LogP contribution in [0, 0.1) is 35.3 Å². The fourth-order valence-corrected chi connectivity index (χ4v) is 3.42. The molecule has 0 saturated heterocycles. The molecule has 0 fully saturated rings. The number of carbonyl (C=O) groups is 1. The highest BCUT2D eigenvalue weighted by Crippen LogP contribution is 2.33. The van der Waals surface area contributed by atoms with E-state index in [0.717, 1.165) is 10.4 Å². The molecule has 7 heteroatoms. The third-order valence-corrected chi connectivity index (χ3v) is 4.63. The fourth-order valence-electron chi connectivity index (χ4n) is 2.33. The van der Waals surface area contributed by atoms with E-state index < -0.39 is 10.8 Å². The number of benzene rings is 1. The Labute approximate surface area is 137 Å². The molecule has 0 aliphatic carbocycles. The number of nitrogens with zero attached hydrogens (tertiary/aromatic N) is 2. The highest BCUT2D eigenvalue weighted by molar-refractivity contribution is 7.16. The van der Waals surface area contributed by atoms with Crippen molar-refractivity contribution in [3.63, 3.8) is 0 Å². The molecular weight excluding hydrogens is 314 g/mol. The zero-order chi connectivity index (χ0) is 17.1. The first-order chi connectivity index (χ1) is 10.9. The maximum Gasteiger partial charge on any atom is 0.273 e. The molecular formula is C16H15N3O3S. The second-order valence-corrected chi connectivity index (χ2v) is 6.24. The van der Waals surface area contributed by atoms with Crippen molar-refractivity contribution in [1.82, 2.24) is 0 Å². The molecule has 1 heterocycles. The van der Waals surface area contributed by atoms with E-state index in [1.54, 1.807) is 6.92 Å². The third kappa shape index (κ3) is 3.22. The molecule has 0 radical (unpaired) electrons. The molecule has 0 atom stereocenters. The number of nitro benzene ring substituents is 1. The number of rotatable bonds is 4. The number of thiophene rings is 1. The van der Waals surface area contributed by atoms with Gasteiger partial charge >= 0.3 is 0 Å². The standard InChI is InChI=1S/C16H15N3O3S/c1-4-12-10(3)23-16(13(12)8-17)18-15(20)11-6-5-9(2)14(7-11)19(21)22/h5-7H,4H2,1-3H3,(H,18,20). The van der Waals surface area contributed by atoms with Gasteiger partial charge in [0.1, 0.15) is 11.1 Å². The second-order valence-electron chi connectivity index (χ2n) is 5.02. The Morgan fingerprint density at radius 1 is 1.43 bits per heavy atom. The Balaban J connectivity index is 2.36. The monoisotopic (exact) mass is 329 g/mol. The summed E-state index contributed by atoms with van der Waals surface area (Å²) in [4.78, 5) is 23.8. The number of amides is 1. The molecule has 0 spiro atoms. The molecule has 2 rings (SSSR count). The summed E-state index contributed by atoms with van der Waals surface area (Å²) in [6, 6.07) is 6.44. The van der Waals surface area contributed by atoms with Gasteiger partial charge in [-0.15, -0.1) is 11.3 Å². The highest BCUT2D eigenvalue weighted by atomic mass is 32.1. The van der Waals surface area contributed by atoms with Gasteiger partial charge in [0.15, 0.2) is 0 Å². The van der Waals surface area contributed by atoms with Gasteiger partial charge in [-0.25, -0.2) is 0 Å². The first-order valence-electron chi connectivity index (χ1n) is 6.97. The largest absolute Gasteiger partial charge is 0.312 e. The minimum Gasteiger partial charge on any atom is -0.312 e. The Morgan fingerprint density at radius 3 is 2.70 bits per heavy atom. The van der Waals surface area contributed by atoms with Crippen molar-refractivity contribution in [1.29, 1.82) is 5.26 Å². The molecule has 0 bridgehead atoms. The SMILES string of the molecule is CCc1c(C)sc(NC(=O)c2ccc(C)c([N+](=O)[O-])c2)c1C#N. The maximum atomic E-state index is 12.3. The quantitative estimate of drug-likeness (QED) is 0.678. The molecule has 1 N–H and O–H groups in total. The molecule has 0 aliphatic heterocycles. The van der Waals surface area contributed by atoms with Crippen LogP contribution in [-0.2, 0) is 6.42 Å². The van der Waals surface area contributed by atoms with Gasteiger partial charge in [-0.2, -0.15) is 5.26 Å². The van der Waals surface area contributed by atoms with Crippen LogP contribution in [0.3, 0.4) is 0 Å². The topological polar surface area (TPSA) is 96.0 Å². The summed E-state index contributed by atoms with van der Waals surface area (Å²) in [6.45, 7) is 5.46. The van der Waals surface area contributed by atoms with Crippen LogP contribution in [0.5, 0.6) is 0 Å². The third-order valence-electron chi connectivity index (χ3n) is 3.57. The highest BCUT2D eigenvalue weighted by Gasteiger charge is 2.19. The van der Waals surface area contributed by atoms with Crippen molar-refractivity contribution in [2.45, 2.75) is 27.2 Å². The average Bonchev–Trinajstić information content (AvgIpc) is 2.81. The van der Waals surface area contributed by atoms with E-state index in [-0.39, 0.29) is 11.3 Å². The lowest BCUT2D eigenvalue weighted by Crippen LogP contribution is -2.12. The maximum absolute atomic E-state index is 12.3. The number of aryl methyl sites for hydroxylation is 2. The van der Waals surface area contributed by atoms with Crippen LogP contribution in [0.1, 0.15) is 38.8 Å². The number of nitrogens with one attached hydrogen (secondary N) is 1. The van der Waals surface area contributed by atoms with Crippen LogP contribution < -0.4 is 5.32 Å². The van der Waals surface area contributed by atoms with Crippen molar-refractivity contribution in [2.75, 3.05) is 5.32 Å². The molecule has 6 nitrogen and oxygen atoms in total. The number of nitro groups is 1. The van der Waals surface area contributed by atoms with E-state index in [4.69, 9.17) is 0 Å². The number of hydrogen-bond acceptors (Lipinski definition) is 5. The van der Waals surface area contributed by atoms with Crippen LogP contribution in [0.15, 0.2) is 18.2 Å². The van der Waals surface area contributed by atoms with Gasteiger partial charge in [-0.1, -0.05) is 13.0 Å². The van der Waals surface area contributed by atoms with E-state index in [9.17, 15) is 20.2 Å². The smallest absolute Gasteiger partial charge is 0.273 e. The van der Waals surface area contributed by atoms with Gasteiger partial charge in [0.05, 0.1) is 10.5 Å². The van der Waals surface area contributed by atoms with E-state index in [2.05, 4.69) is 11.4 Å². The van der Waals surface area contributed by atoms with Crippen molar-refractivity contribution in [2.24, 2.45) is 0 Å². The summed E-state index contributed by atoms with van der Waals surface area (Å²) in [5, 5.41) is 23.4. The second kappa shape index (κ2) is 6.58. The molecule has 0 unspecified atom stereocenters. The molecule has 2 aromatic rings. The minimum absolute atomic E-state index is 0.102. The summed E-state index contributed by atoms with van der Waals surface area (Å²) in [5.41, 5.74) is 1.96. The number of nitriles is 1. The summed E-state index contributed by atoms with van der Waals surface area (Å²) >= 11 is 1.34. The zero-order valence-electron chi connectivity index (χ0n) is 13.0. The van der Waals surface area contributed by atoms with Gasteiger partial charge in [0.2, 0.25) is 0 Å². The fraction of sp³-hybridized carbons (Fsp3) is 0.250. The lowest BCUT2D eigenvalue weighted by Gasteiger charge is -2.05. The number of hydrogen-bond donors (Lipinski definition) is 1. The first kappa shape index (κ1) is 16.6. The van der Waals surface area contributed by atoms with Crippen molar-refractivity contribution in [3.8, 4) is 6.07 Å². The molecule has 0 aliphatic rings. The first-order valence-corrected chi connectivity index (χ1v) is 7.79. The molecule has 1 aromatic carbocycles. The lowest BCUT2D eigenvalue weighted by atomic mass is 10.1. The van der Waals surface area contributed by atoms with Crippen LogP contribution in [0.25, 0.3) is 0 Å². The van der Waals surface area contributed by atoms with E-state index in [1.165, 1.54) is 29.5 Å². The summed E-state index contributed by atoms with van der Waals surface area (Å²) in [5.74, 6) is -0.464. The predicted octanol–water partition coefficient (Wildman–Crippen LogP) is 3.96. The molecule has 118 valence electrons. The van der Waals surface area contributed by atoms with E-state index in [0.29, 0.717) is 22.5 Å². The lowest BCUT2D eigenvalue weighted by molar-refractivity contribution is -0.385. The molecule has 0 saturated carbocycles. The Kier molecular flexibility index (Phi) is 4.77. The summed E-state index contributed by atoms with van der Waals surface area (Å²) in [6.07, 6.45) is 0.705. The van der Waals surface area contributed by atoms with E-state index >= 15 is 0 Å². The van der Waals surface area contributed by atoms with Gasteiger partial charge in [0, 0.05) is 22.1 Å².